The van der Waals surface area contributed by atoms with Crippen LogP contribution in [0, 0.1) is 6.92 Å². The summed E-state index contributed by atoms with van der Waals surface area (Å²) in [7, 11) is 0. The van der Waals surface area contributed by atoms with Crippen molar-refractivity contribution in [1.82, 2.24) is 15.0 Å². The van der Waals surface area contributed by atoms with Gasteiger partial charge in [-0.05, 0) is 13.0 Å². The van der Waals surface area contributed by atoms with Gasteiger partial charge in [0.25, 0.3) is 5.91 Å². The Bertz CT molecular complexity index is 597. The Morgan fingerprint density at radius 3 is 3.10 bits per heavy atom. The first-order chi connectivity index (χ1) is 9.72. The molecule has 1 amide bonds. The lowest BCUT2D eigenvalue weighted by molar-refractivity contribution is 0.0761. The number of nitrogens with zero attached hydrogens (tertiary/aromatic N) is 3. The van der Waals surface area contributed by atoms with Gasteiger partial charge in [0.1, 0.15) is 11.9 Å². The van der Waals surface area contributed by atoms with Crippen LogP contribution in [0.4, 0.5) is 0 Å². The standard InChI is InChI=1S/C14H15N3O3/c1-10-8-12(16-20-10)14(18)17-7-5-11(9-17)19-13-4-2-3-6-15-13/h2-4,6,8,11H,5,7,9H2,1H3. The first-order valence-electron chi connectivity index (χ1n) is 6.52. The Morgan fingerprint density at radius 1 is 1.50 bits per heavy atom. The number of carbonyl (C=O) groups is 1. The summed E-state index contributed by atoms with van der Waals surface area (Å²) in [6, 6.07) is 7.17. The molecule has 0 N–H and O–H groups in total. The van der Waals surface area contributed by atoms with E-state index in [2.05, 4.69) is 10.1 Å². The van der Waals surface area contributed by atoms with Gasteiger partial charge in [-0.15, -0.1) is 0 Å². The van der Waals surface area contributed by atoms with E-state index in [9.17, 15) is 4.79 Å². The van der Waals surface area contributed by atoms with Crippen molar-refractivity contribution in [2.75, 3.05) is 13.1 Å². The number of ether oxygens (including phenoxy) is 1. The van der Waals surface area contributed by atoms with Crippen LogP contribution < -0.4 is 4.74 Å². The van der Waals surface area contributed by atoms with Gasteiger partial charge in [0.2, 0.25) is 5.88 Å². The molecule has 1 unspecified atom stereocenters. The highest BCUT2D eigenvalue weighted by Crippen LogP contribution is 2.18. The van der Waals surface area contributed by atoms with Crippen molar-refractivity contribution in [3.63, 3.8) is 0 Å². The lowest BCUT2D eigenvalue weighted by Gasteiger charge is -2.15. The minimum atomic E-state index is -0.117. The second kappa shape index (κ2) is 5.32. The highest BCUT2D eigenvalue weighted by molar-refractivity contribution is 5.92. The molecule has 3 rings (SSSR count). The molecule has 1 aliphatic heterocycles. The molecule has 3 heterocycles. The van der Waals surface area contributed by atoms with Crippen LogP contribution in [0.5, 0.6) is 5.88 Å². The van der Waals surface area contributed by atoms with E-state index in [1.807, 2.05) is 18.2 Å². The van der Waals surface area contributed by atoms with Crippen LogP contribution in [-0.2, 0) is 0 Å². The molecule has 1 fully saturated rings. The van der Waals surface area contributed by atoms with Crippen molar-refractivity contribution in [2.45, 2.75) is 19.4 Å². The predicted molar refractivity (Wildman–Crippen MR) is 70.4 cm³/mol. The van der Waals surface area contributed by atoms with E-state index in [1.54, 1.807) is 24.1 Å². The van der Waals surface area contributed by atoms with E-state index in [4.69, 9.17) is 9.26 Å². The van der Waals surface area contributed by atoms with Crippen LogP contribution in [0.25, 0.3) is 0 Å². The Morgan fingerprint density at radius 2 is 2.40 bits per heavy atom. The quantitative estimate of drug-likeness (QED) is 0.851. The zero-order chi connectivity index (χ0) is 13.9. The second-order valence-corrected chi connectivity index (χ2v) is 4.77. The van der Waals surface area contributed by atoms with Gasteiger partial charge in [0.15, 0.2) is 5.69 Å². The molecule has 1 saturated heterocycles. The fourth-order valence-electron chi connectivity index (χ4n) is 2.23. The fraction of sp³-hybridized carbons (Fsp3) is 0.357. The Labute approximate surface area is 116 Å². The van der Waals surface area contributed by atoms with Crippen LogP contribution in [0.1, 0.15) is 22.7 Å². The average Bonchev–Trinajstić information content (AvgIpc) is 3.08. The molecule has 0 saturated carbocycles. The Kier molecular flexibility index (Phi) is 3.37. The third kappa shape index (κ3) is 2.64. The second-order valence-electron chi connectivity index (χ2n) is 4.77. The first kappa shape index (κ1) is 12.7. The molecule has 0 bridgehead atoms. The zero-order valence-corrected chi connectivity index (χ0v) is 11.2. The lowest BCUT2D eigenvalue weighted by atomic mass is 10.3. The van der Waals surface area contributed by atoms with Gasteiger partial charge in [0, 0.05) is 31.3 Å². The molecule has 6 heteroatoms. The highest BCUT2D eigenvalue weighted by Gasteiger charge is 2.29. The number of amides is 1. The molecule has 1 atom stereocenters. The summed E-state index contributed by atoms with van der Waals surface area (Å²) in [5, 5.41) is 3.75. The Balaban J connectivity index is 1.61. The van der Waals surface area contributed by atoms with E-state index in [1.165, 1.54) is 0 Å². The average molecular weight is 273 g/mol. The number of aromatic nitrogens is 2. The number of aryl methyl sites for hydroxylation is 1. The van der Waals surface area contributed by atoms with E-state index < -0.39 is 0 Å². The first-order valence-corrected chi connectivity index (χ1v) is 6.52. The van der Waals surface area contributed by atoms with Gasteiger partial charge >= 0.3 is 0 Å². The maximum Gasteiger partial charge on any atom is 0.276 e. The van der Waals surface area contributed by atoms with Crippen molar-refractivity contribution >= 4 is 5.91 Å². The number of hydrogen-bond acceptors (Lipinski definition) is 5. The molecule has 1 aliphatic rings. The van der Waals surface area contributed by atoms with Gasteiger partial charge in [-0.2, -0.15) is 0 Å². The number of likely N-dealkylation sites (tertiary alicyclic amines) is 1. The molecule has 104 valence electrons. The van der Waals surface area contributed by atoms with Crippen LogP contribution in [-0.4, -0.2) is 40.1 Å². The summed E-state index contributed by atoms with van der Waals surface area (Å²) in [5.74, 6) is 1.10. The van der Waals surface area contributed by atoms with E-state index in [0.717, 1.165) is 6.42 Å². The third-order valence-electron chi connectivity index (χ3n) is 3.20. The lowest BCUT2D eigenvalue weighted by Crippen LogP contribution is -2.31. The van der Waals surface area contributed by atoms with E-state index in [0.29, 0.717) is 30.4 Å². The van der Waals surface area contributed by atoms with Gasteiger partial charge in [-0.25, -0.2) is 4.98 Å². The number of hydrogen-bond donors (Lipinski definition) is 0. The molecule has 0 spiro atoms. The summed E-state index contributed by atoms with van der Waals surface area (Å²) in [6.07, 6.45) is 2.45. The monoisotopic (exact) mass is 273 g/mol. The number of pyridine rings is 1. The SMILES string of the molecule is Cc1cc(C(=O)N2CCC(Oc3ccccn3)C2)no1. The summed E-state index contributed by atoms with van der Waals surface area (Å²) in [5.41, 5.74) is 0.348. The molecule has 0 aliphatic carbocycles. The van der Waals surface area contributed by atoms with E-state index >= 15 is 0 Å². The summed E-state index contributed by atoms with van der Waals surface area (Å²) in [6.45, 7) is 2.96. The highest BCUT2D eigenvalue weighted by atomic mass is 16.5. The maximum absolute atomic E-state index is 12.2. The van der Waals surface area contributed by atoms with Gasteiger partial charge in [0.05, 0.1) is 6.54 Å². The normalized spacial score (nSPS) is 18.2. The molecule has 6 nitrogen and oxygen atoms in total. The largest absolute Gasteiger partial charge is 0.472 e. The molecule has 0 radical (unpaired) electrons. The predicted octanol–water partition coefficient (Wildman–Crippen LogP) is 1.67. The molecule has 20 heavy (non-hydrogen) atoms. The minimum Gasteiger partial charge on any atom is -0.472 e. The summed E-state index contributed by atoms with van der Waals surface area (Å²) >= 11 is 0. The van der Waals surface area contributed by atoms with Crippen molar-refractivity contribution in [2.24, 2.45) is 0 Å². The topological polar surface area (TPSA) is 68.5 Å². The molecule has 0 aromatic carbocycles. The van der Waals surface area contributed by atoms with E-state index in [-0.39, 0.29) is 12.0 Å². The Hall–Kier alpha value is -2.37. The smallest absolute Gasteiger partial charge is 0.276 e. The zero-order valence-electron chi connectivity index (χ0n) is 11.2. The van der Waals surface area contributed by atoms with Gasteiger partial charge < -0.3 is 14.2 Å². The maximum atomic E-state index is 12.2. The van der Waals surface area contributed by atoms with Gasteiger partial charge in [-0.3, -0.25) is 4.79 Å². The fourth-order valence-corrected chi connectivity index (χ4v) is 2.23. The van der Waals surface area contributed by atoms with Crippen LogP contribution >= 0.6 is 0 Å². The van der Waals surface area contributed by atoms with Crippen LogP contribution in [0.3, 0.4) is 0 Å². The van der Waals surface area contributed by atoms with Crippen molar-refractivity contribution in [3.8, 4) is 5.88 Å². The van der Waals surface area contributed by atoms with Crippen LogP contribution in [0.2, 0.25) is 0 Å². The van der Waals surface area contributed by atoms with Crippen LogP contribution in [0.15, 0.2) is 35.0 Å². The minimum absolute atomic E-state index is 0.0261. The van der Waals surface area contributed by atoms with Crippen molar-refractivity contribution < 1.29 is 14.1 Å². The third-order valence-corrected chi connectivity index (χ3v) is 3.20. The molecular formula is C14H15N3O3. The molecule has 2 aromatic rings. The molecular weight excluding hydrogens is 258 g/mol. The summed E-state index contributed by atoms with van der Waals surface area (Å²) in [4.78, 5) is 18.0. The number of rotatable bonds is 3. The molecule has 2 aromatic heterocycles. The van der Waals surface area contributed by atoms with Crippen molar-refractivity contribution in [3.05, 3.63) is 41.9 Å². The number of carbonyl (C=O) groups excluding carboxylic acids is 1. The summed E-state index contributed by atoms with van der Waals surface area (Å²) < 4.78 is 10.7. The van der Waals surface area contributed by atoms with Crippen molar-refractivity contribution in [1.29, 1.82) is 0 Å². The van der Waals surface area contributed by atoms with Gasteiger partial charge in [-0.1, -0.05) is 11.2 Å².